The molecule has 1 N–H and O–H groups in total. The van der Waals surface area contributed by atoms with Crippen LogP contribution in [0.1, 0.15) is 45.7 Å². The smallest absolute Gasteiger partial charge is 0.410 e. The Morgan fingerprint density at radius 1 is 1.26 bits per heavy atom. The summed E-state index contributed by atoms with van der Waals surface area (Å²) >= 11 is 0. The van der Waals surface area contributed by atoms with Crippen molar-refractivity contribution < 1.29 is 24.2 Å². The van der Waals surface area contributed by atoms with Crippen molar-refractivity contribution in [3.05, 3.63) is 41.5 Å². The maximum atomic E-state index is 12.8. The van der Waals surface area contributed by atoms with Crippen LogP contribution < -0.4 is 4.90 Å². The highest BCUT2D eigenvalue weighted by atomic mass is 16.6. The number of amides is 2. The molecule has 0 bridgehead atoms. The number of hydrogen-bond donors (Lipinski definition) is 1. The summed E-state index contributed by atoms with van der Waals surface area (Å²) in [4.78, 5) is 39.6. The number of benzene rings is 1. The van der Waals surface area contributed by atoms with Gasteiger partial charge in [-0.05, 0) is 70.2 Å². The highest BCUT2D eigenvalue weighted by Crippen LogP contribution is 2.26. The van der Waals surface area contributed by atoms with E-state index in [9.17, 15) is 19.5 Å². The molecular formula is C24H34N2O5. The van der Waals surface area contributed by atoms with E-state index in [1.165, 1.54) is 11.8 Å². The molecule has 1 heterocycles. The molecule has 0 saturated carbocycles. The molecule has 0 spiro atoms. The summed E-state index contributed by atoms with van der Waals surface area (Å²) in [5, 5.41) is 10.4. The van der Waals surface area contributed by atoms with E-state index in [1.807, 2.05) is 32.0 Å². The third kappa shape index (κ3) is 6.40. The maximum absolute atomic E-state index is 12.8. The fourth-order valence-corrected chi connectivity index (χ4v) is 3.48. The quantitative estimate of drug-likeness (QED) is 0.700. The SMILES string of the molecule is C=C(C(C)=O)C(O)C(C)Cc1cc(N2CCN(C(=O)OC(C)(C)C)CC2=O)ccc1C. The molecule has 1 aliphatic rings. The predicted molar refractivity (Wildman–Crippen MR) is 120 cm³/mol. The number of Topliss-reactive ketones (excluding diaryl/α,β-unsaturated/α-hetero) is 1. The monoisotopic (exact) mass is 430 g/mol. The first kappa shape index (κ1) is 24.6. The number of aryl methyl sites for hydroxylation is 1. The second-order valence-corrected chi connectivity index (χ2v) is 9.27. The van der Waals surface area contributed by atoms with Gasteiger partial charge < -0.3 is 14.7 Å². The Hall–Kier alpha value is -2.67. The molecule has 2 rings (SSSR count). The molecule has 1 fully saturated rings. The molecule has 2 unspecified atom stereocenters. The zero-order chi connectivity index (χ0) is 23.5. The van der Waals surface area contributed by atoms with Gasteiger partial charge in [-0.25, -0.2) is 4.79 Å². The maximum Gasteiger partial charge on any atom is 0.410 e. The van der Waals surface area contributed by atoms with Gasteiger partial charge in [-0.3, -0.25) is 14.5 Å². The van der Waals surface area contributed by atoms with Crippen LogP contribution in [0.5, 0.6) is 0 Å². The number of aliphatic hydroxyl groups excluding tert-OH is 1. The lowest BCUT2D eigenvalue weighted by atomic mass is 9.89. The predicted octanol–water partition coefficient (Wildman–Crippen LogP) is 3.26. The summed E-state index contributed by atoms with van der Waals surface area (Å²) in [5.41, 5.74) is 2.37. The minimum absolute atomic E-state index is 0.0360. The summed E-state index contributed by atoms with van der Waals surface area (Å²) < 4.78 is 5.37. The Kier molecular flexibility index (Phi) is 7.65. The average molecular weight is 431 g/mol. The van der Waals surface area contributed by atoms with Crippen LogP contribution in [-0.4, -0.2) is 59.1 Å². The van der Waals surface area contributed by atoms with Gasteiger partial charge in [-0.1, -0.05) is 19.6 Å². The highest BCUT2D eigenvalue weighted by molar-refractivity contribution is 5.97. The topological polar surface area (TPSA) is 87.2 Å². The molecule has 31 heavy (non-hydrogen) atoms. The van der Waals surface area contributed by atoms with Gasteiger partial charge in [0, 0.05) is 24.4 Å². The first-order valence-electron chi connectivity index (χ1n) is 10.6. The number of ether oxygens (including phenoxy) is 1. The van der Waals surface area contributed by atoms with E-state index in [1.54, 1.807) is 25.7 Å². The number of carbonyl (C=O) groups is 3. The number of rotatable bonds is 6. The normalized spacial score (nSPS) is 16.7. The zero-order valence-corrected chi connectivity index (χ0v) is 19.4. The number of anilines is 1. The summed E-state index contributed by atoms with van der Waals surface area (Å²) in [6.45, 7) is 15.0. The van der Waals surface area contributed by atoms with Gasteiger partial charge in [0.1, 0.15) is 12.1 Å². The molecule has 1 aromatic carbocycles. The van der Waals surface area contributed by atoms with Crippen LogP contribution in [-0.2, 0) is 20.7 Å². The first-order valence-corrected chi connectivity index (χ1v) is 10.6. The van der Waals surface area contributed by atoms with Crippen molar-refractivity contribution in [2.45, 2.75) is 59.7 Å². The number of nitrogens with zero attached hydrogens (tertiary/aromatic N) is 2. The minimum Gasteiger partial charge on any atom is -0.444 e. The molecule has 7 nitrogen and oxygen atoms in total. The molecule has 0 aromatic heterocycles. The van der Waals surface area contributed by atoms with Crippen molar-refractivity contribution in [3.8, 4) is 0 Å². The van der Waals surface area contributed by atoms with E-state index >= 15 is 0 Å². The number of piperazine rings is 1. The molecule has 2 amide bonds. The second-order valence-electron chi connectivity index (χ2n) is 9.27. The van der Waals surface area contributed by atoms with Gasteiger partial charge in [-0.15, -0.1) is 0 Å². The summed E-state index contributed by atoms with van der Waals surface area (Å²) in [6.07, 6.45) is -0.864. The molecule has 2 atom stereocenters. The fraction of sp³-hybridized carbons (Fsp3) is 0.542. The van der Waals surface area contributed by atoms with Gasteiger partial charge in [-0.2, -0.15) is 0 Å². The number of carbonyl (C=O) groups excluding carboxylic acids is 3. The zero-order valence-electron chi connectivity index (χ0n) is 19.4. The molecule has 0 radical (unpaired) electrons. The van der Waals surface area contributed by atoms with Gasteiger partial charge in [0.2, 0.25) is 5.91 Å². The van der Waals surface area contributed by atoms with Crippen LogP contribution in [0.15, 0.2) is 30.4 Å². The third-order valence-corrected chi connectivity index (χ3v) is 5.41. The Balaban J connectivity index is 2.11. The third-order valence-electron chi connectivity index (χ3n) is 5.41. The van der Waals surface area contributed by atoms with Crippen molar-refractivity contribution in [1.82, 2.24) is 4.90 Å². The van der Waals surface area contributed by atoms with Crippen molar-refractivity contribution in [2.24, 2.45) is 5.92 Å². The van der Waals surface area contributed by atoms with Crippen LogP contribution in [0.25, 0.3) is 0 Å². The highest BCUT2D eigenvalue weighted by Gasteiger charge is 2.31. The van der Waals surface area contributed by atoms with E-state index in [2.05, 4.69) is 6.58 Å². The van der Waals surface area contributed by atoms with E-state index in [0.29, 0.717) is 19.5 Å². The Morgan fingerprint density at radius 2 is 1.90 bits per heavy atom. The molecule has 170 valence electrons. The van der Waals surface area contributed by atoms with Gasteiger partial charge in [0.05, 0.1) is 6.10 Å². The molecule has 7 heteroatoms. The summed E-state index contributed by atoms with van der Waals surface area (Å²) in [5.74, 6) is -0.603. The van der Waals surface area contributed by atoms with Crippen LogP contribution in [0.3, 0.4) is 0 Å². The van der Waals surface area contributed by atoms with E-state index in [0.717, 1.165) is 16.8 Å². The largest absolute Gasteiger partial charge is 0.444 e. The number of aliphatic hydroxyl groups is 1. The van der Waals surface area contributed by atoms with Crippen LogP contribution in [0.2, 0.25) is 0 Å². The van der Waals surface area contributed by atoms with Gasteiger partial charge in [0.25, 0.3) is 0 Å². The first-order chi connectivity index (χ1) is 14.3. The van der Waals surface area contributed by atoms with Crippen LogP contribution in [0.4, 0.5) is 10.5 Å². The van der Waals surface area contributed by atoms with Gasteiger partial charge >= 0.3 is 6.09 Å². The van der Waals surface area contributed by atoms with Crippen LogP contribution in [0, 0.1) is 12.8 Å². The van der Waals surface area contributed by atoms with Crippen molar-refractivity contribution in [2.75, 3.05) is 24.5 Å². The lowest BCUT2D eigenvalue weighted by Crippen LogP contribution is -2.53. The lowest BCUT2D eigenvalue weighted by molar-refractivity contribution is -0.121. The van der Waals surface area contributed by atoms with E-state index in [-0.39, 0.29) is 29.7 Å². The minimum atomic E-state index is -0.917. The second kappa shape index (κ2) is 9.64. The molecule has 1 saturated heterocycles. The Labute approximate surface area is 184 Å². The number of ketones is 1. The molecule has 0 aliphatic carbocycles. The Morgan fingerprint density at radius 3 is 2.45 bits per heavy atom. The fourth-order valence-electron chi connectivity index (χ4n) is 3.48. The van der Waals surface area contributed by atoms with E-state index in [4.69, 9.17) is 4.74 Å². The average Bonchev–Trinajstić information content (AvgIpc) is 2.67. The molecule has 1 aliphatic heterocycles. The summed E-state index contributed by atoms with van der Waals surface area (Å²) in [6, 6.07) is 5.77. The van der Waals surface area contributed by atoms with Crippen molar-refractivity contribution in [1.29, 1.82) is 0 Å². The standard InChI is InChI=1S/C24H34N2O5/c1-15-8-9-20(13-19(15)12-16(2)22(29)17(3)18(4)27)26-11-10-25(14-21(26)28)23(30)31-24(5,6)7/h8-9,13,16,22,29H,3,10-12,14H2,1-2,4-7H3. The molecule has 1 aromatic rings. The van der Waals surface area contributed by atoms with Crippen molar-refractivity contribution >= 4 is 23.5 Å². The molecular weight excluding hydrogens is 396 g/mol. The lowest BCUT2D eigenvalue weighted by Gasteiger charge is -2.35. The number of hydrogen-bond acceptors (Lipinski definition) is 5. The van der Waals surface area contributed by atoms with Gasteiger partial charge in [0.15, 0.2) is 5.78 Å². The summed E-state index contributed by atoms with van der Waals surface area (Å²) in [7, 11) is 0. The Bertz CT molecular complexity index is 871. The van der Waals surface area contributed by atoms with Crippen molar-refractivity contribution in [3.63, 3.8) is 0 Å². The van der Waals surface area contributed by atoms with E-state index < -0.39 is 17.8 Å². The van der Waals surface area contributed by atoms with Crippen LogP contribution >= 0.6 is 0 Å².